The summed E-state index contributed by atoms with van der Waals surface area (Å²) in [6, 6.07) is 7.99. The summed E-state index contributed by atoms with van der Waals surface area (Å²) in [4.78, 5) is 0. The molecule has 1 unspecified atom stereocenters. The van der Waals surface area contributed by atoms with Gasteiger partial charge in [0.2, 0.25) is 0 Å². The average molecular weight is 161 g/mol. The second kappa shape index (κ2) is 3.96. The van der Waals surface area contributed by atoms with Gasteiger partial charge in [-0.2, -0.15) is 0 Å². The molecule has 0 aliphatic heterocycles. The van der Waals surface area contributed by atoms with Crippen molar-refractivity contribution in [3.63, 3.8) is 0 Å². The smallest absolute Gasteiger partial charge is 0.0352 e. The number of allylic oxidation sites excluding steroid dienone is 2. The normalized spacial score (nSPS) is 13.5. The molecule has 1 aromatic rings. The lowest BCUT2D eigenvalue weighted by atomic mass is 9.99. The molecule has 1 atom stereocenters. The summed E-state index contributed by atoms with van der Waals surface area (Å²) in [5.41, 5.74) is 7.90. The van der Waals surface area contributed by atoms with Gasteiger partial charge >= 0.3 is 0 Å². The number of hydrogen-bond acceptors (Lipinski definition) is 1. The highest BCUT2D eigenvalue weighted by Crippen LogP contribution is 2.22. The van der Waals surface area contributed by atoms with Crippen LogP contribution in [-0.4, -0.2) is 0 Å². The first-order chi connectivity index (χ1) is 5.75. The Labute approximate surface area is 73.9 Å². The fraction of sp³-hybridized carbons (Fsp3) is 0.273. The van der Waals surface area contributed by atoms with Crippen molar-refractivity contribution in [2.75, 3.05) is 5.73 Å². The zero-order valence-corrected chi connectivity index (χ0v) is 7.62. The minimum atomic E-state index is 0.413. The number of nitrogens with two attached hydrogens (primary N) is 1. The van der Waals surface area contributed by atoms with Crippen molar-refractivity contribution in [2.45, 2.75) is 19.8 Å². The maximum atomic E-state index is 5.82. The maximum Gasteiger partial charge on any atom is 0.0352 e. The van der Waals surface area contributed by atoms with E-state index in [2.05, 4.69) is 25.1 Å². The second-order valence-corrected chi connectivity index (χ2v) is 2.94. The van der Waals surface area contributed by atoms with E-state index in [-0.39, 0.29) is 0 Å². The van der Waals surface area contributed by atoms with E-state index in [4.69, 9.17) is 5.73 Å². The molecule has 0 bridgehead atoms. The lowest BCUT2D eigenvalue weighted by Gasteiger charge is -2.08. The van der Waals surface area contributed by atoms with Crippen LogP contribution in [-0.2, 0) is 0 Å². The molecule has 1 aromatic carbocycles. The van der Waals surface area contributed by atoms with Crippen molar-refractivity contribution in [3.8, 4) is 0 Å². The zero-order chi connectivity index (χ0) is 8.97. The highest BCUT2D eigenvalue weighted by molar-refractivity contribution is 5.49. The Morgan fingerprint density at radius 1 is 1.33 bits per heavy atom. The Bertz CT molecular complexity index is 276. The van der Waals surface area contributed by atoms with Crippen LogP contribution in [0, 0.1) is 0 Å². The lowest BCUT2D eigenvalue weighted by molar-refractivity contribution is 0.969. The Hall–Kier alpha value is -1.24. The molecular formula is C11H15N. The summed E-state index contributed by atoms with van der Waals surface area (Å²) >= 11 is 0. The van der Waals surface area contributed by atoms with Crippen molar-refractivity contribution in [1.29, 1.82) is 0 Å². The predicted molar refractivity (Wildman–Crippen MR) is 54.1 cm³/mol. The van der Waals surface area contributed by atoms with Gasteiger partial charge in [-0.15, -0.1) is 0 Å². The van der Waals surface area contributed by atoms with Crippen LogP contribution >= 0.6 is 0 Å². The molecule has 1 heteroatoms. The Morgan fingerprint density at radius 3 is 2.58 bits per heavy atom. The number of nitrogen functional groups attached to an aromatic ring is 1. The van der Waals surface area contributed by atoms with Crippen molar-refractivity contribution < 1.29 is 0 Å². The van der Waals surface area contributed by atoms with Crippen LogP contribution in [0.15, 0.2) is 36.4 Å². The van der Waals surface area contributed by atoms with Gasteiger partial charge in [0, 0.05) is 11.6 Å². The van der Waals surface area contributed by atoms with Crippen LogP contribution in [0.5, 0.6) is 0 Å². The number of anilines is 1. The topological polar surface area (TPSA) is 26.0 Å². The molecule has 64 valence electrons. The Kier molecular flexibility index (Phi) is 2.92. The van der Waals surface area contributed by atoms with E-state index in [0.717, 1.165) is 5.69 Å². The molecule has 0 aromatic heterocycles. The Morgan fingerprint density at radius 2 is 2.00 bits per heavy atom. The first-order valence-corrected chi connectivity index (χ1v) is 4.23. The second-order valence-electron chi connectivity index (χ2n) is 2.94. The van der Waals surface area contributed by atoms with E-state index in [1.807, 2.05) is 25.1 Å². The molecule has 12 heavy (non-hydrogen) atoms. The molecule has 0 fully saturated rings. The number of para-hydroxylation sites is 1. The fourth-order valence-electron chi connectivity index (χ4n) is 1.32. The standard InChI is InChI=1S/C11H15N/c1-3-6-9(2)10-7-4-5-8-11(10)12/h3-9H,12H2,1-2H3. The van der Waals surface area contributed by atoms with E-state index >= 15 is 0 Å². The summed E-state index contributed by atoms with van der Waals surface area (Å²) in [7, 11) is 0. The maximum absolute atomic E-state index is 5.82. The molecule has 0 aliphatic rings. The van der Waals surface area contributed by atoms with Gasteiger partial charge in [-0.25, -0.2) is 0 Å². The van der Waals surface area contributed by atoms with Crippen LogP contribution in [0.3, 0.4) is 0 Å². The van der Waals surface area contributed by atoms with Gasteiger partial charge in [0.15, 0.2) is 0 Å². The largest absolute Gasteiger partial charge is 0.398 e. The van der Waals surface area contributed by atoms with Gasteiger partial charge < -0.3 is 5.73 Å². The molecule has 0 amide bonds. The van der Waals surface area contributed by atoms with Crippen LogP contribution < -0.4 is 5.73 Å². The molecule has 0 aliphatic carbocycles. The highest BCUT2D eigenvalue weighted by Gasteiger charge is 2.03. The molecule has 0 spiro atoms. The summed E-state index contributed by atoms with van der Waals surface area (Å²) in [6.45, 7) is 4.17. The first-order valence-electron chi connectivity index (χ1n) is 4.23. The number of benzene rings is 1. The summed E-state index contributed by atoms with van der Waals surface area (Å²) in [5, 5.41) is 0. The molecular weight excluding hydrogens is 146 g/mol. The van der Waals surface area contributed by atoms with Crippen LogP contribution in [0.4, 0.5) is 5.69 Å². The number of hydrogen-bond donors (Lipinski definition) is 1. The van der Waals surface area contributed by atoms with Crippen molar-refractivity contribution >= 4 is 5.69 Å². The van der Waals surface area contributed by atoms with Gasteiger partial charge in [-0.3, -0.25) is 0 Å². The number of rotatable bonds is 2. The van der Waals surface area contributed by atoms with E-state index in [0.29, 0.717) is 5.92 Å². The quantitative estimate of drug-likeness (QED) is 0.523. The van der Waals surface area contributed by atoms with Crippen molar-refractivity contribution in [1.82, 2.24) is 0 Å². The SMILES string of the molecule is CC=CC(C)c1ccccc1N. The third-order valence-corrected chi connectivity index (χ3v) is 1.97. The molecule has 0 radical (unpaired) electrons. The van der Waals surface area contributed by atoms with Gasteiger partial charge in [0.05, 0.1) is 0 Å². The van der Waals surface area contributed by atoms with Crippen molar-refractivity contribution in [2.24, 2.45) is 0 Å². The minimum absolute atomic E-state index is 0.413. The van der Waals surface area contributed by atoms with E-state index in [9.17, 15) is 0 Å². The molecule has 2 N–H and O–H groups in total. The molecule has 0 heterocycles. The van der Waals surface area contributed by atoms with E-state index in [1.165, 1.54) is 5.56 Å². The monoisotopic (exact) mass is 161 g/mol. The molecule has 0 saturated heterocycles. The summed E-state index contributed by atoms with van der Waals surface area (Å²) in [6.07, 6.45) is 4.20. The third-order valence-electron chi connectivity index (χ3n) is 1.97. The van der Waals surface area contributed by atoms with Gasteiger partial charge in [-0.1, -0.05) is 37.3 Å². The summed E-state index contributed by atoms with van der Waals surface area (Å²) in [5.74, 6) is 0.413. The molecule has 0 saturated carbocycles. The van der Waals surface area contributed by atoms with Crippen molar-refractivity contribution in [3.05, 3.63) is 42.0 Å². The average Bonchev–Trinajstić information content (AvgIpc) is 2.05. The van der Waals surface area contributed by atoms with Crippen LogP contribution in [0.2, 0.25) is 0 Å². The van der Waals surface area contributed by atoms with E-state index in [1.54, 1.807) is 0 Å². The molecule has 1 nitrogen and oxygen atoms in total. The zero-order valence-electron chi connectivity index (χ0n) is 7.62. The van der Waals surface area contributed by atoms with Gasteiger partial charge in [0.1, 0.15) is 0 Å². The fourth-order valence-corrected chi connectivity index (χ4v) is 1.32. The minimum Gasteiger partial charge on any atom is -0.398 e. The first kappa shape index (κ1) is 8.85. The van der Waals surface area contributed by atoms with Gasteiger partial charge in [-0.05, 0) is 18.6 Å². The predicted octanol–water partition coefficient (Wildman–Crippen LogP) is 2.95. The highest BCUT2D eigenvalue weighted by atomic mass is 14.6. The van der Waals surface area contributed by atoms with Gasteiger partial charge in [0.25, 0.3) is 0 Å². The lowest BCUT2D eigenvalue weighted by Crippen LogP contribution is -1.96. The summed E-state index contributed by atoms with van der Waals surface area (Å²) < 4.78 is 0. The van der Waals surface area contributed by atoms with Crippen LogP contribution in [0.1, 0.15) is 25.3 Å². The Balaban J connectivity index is 2.94. The third kappa shape index (κ3) is 1.88. The van der Waals surface area contributed by atoms with Crippen LogP contribution in [0.25, 0.3) is 0 Å². The molecule has 1 rings (SSSR count). The van der Waals surface area contributed by atoms with E-state index < -0.39 is 0 Å².